The topological polar surface area (TPSA) is 34.0 Å². The van der Waals surface area contributed by atoms with Gasteiger partial charge in [0.05, 0.1) is 5.56 Å². The Hall–Kier alpha value is -1.75. The predicted octanol–water partition coefficient (Wildman–Crippen LogP) is 4.49. The molecule has 0 atom stereocenters. The molecule has 5 heteroatoms. The molecule has 130 valence electrons. The van der Waals surface area contributed by atoms with E-state index in [1.165, 1.54) is 6.07 Å². The standard InChI is InChI=1S/C19H25FN2OS/c1-13(2)22-14(3)11-17(15(22)4)19(23)21-9-10-24-12-16-7-5-6-8-18(16)20/h5-8,11,13H,9-10,12H2,1-4H3,(H,21,23). The summed E-state index contributed by atoms with van der Waals surface area (Å²) in [5.74, 6) is 1.16. The number of aryl methyl sites for hydroxylation is 1. The predicted molar refractivity (Wildman–Crippen MR) is 99.2 cm³/mol. The van der Waals surface area contributed by atoms with Crippen LogP contribution in [0.2, 0.25) is 0 Å². The molecule has 24 heavy (non-hydrogen) atoms. The summed E-state index contributed by atoms with van der Waals surface area (Å²) in [4.78, 5) is 12.3. The van der Waals surface area contributed by atoms with Crippen molar-refractivity contribution in [3.63, 3.8) is 0 Å². The average Bonchev–Trinajstić information content (AvgIpc) is 2.83. The first-order chi connectivity index (χ1) is 11.4. The Kier molecular flexibility index (Phi) is 6.49. The molecule has 0 aliphatic rings. The fourth-order valence-corrected chi connectivity index (χ4v) is 3.78. The summed E-state index contributed by atoms with van der Waals surface area (Å²) in [5, 5.41) is 2.95. The van der Waals surface area contributed by atoms with Crippen molar-refractivity contribution in [1.82, 2.24) is 9.88 Å². The Morgan fingerprint density at radius 2 is 2.00 bits per heavy atom. The molecule has 0 unspecified atom stereocenters. The second-order valence-corrected chi connectivity index (χ2v) is 7.25. The number of carbonyl (C=O) groups is 1. The fourth-order valence-electron chi connectivity index (χ4n) is 2.93. The molecule has 1 heterocycles. The van der Waals surface area contributed by atoms with E-state index in [1.54, 1.807) is 23.9 Å². The van der Waals surface area contributed by atoms with Gasteiger partial charge in [0.2, 0.25) is 0 Å². The summed E-state index contributed by atoms with van der Waals surface area (Å²) < 4.78 is 15.7. The normalized spacial score (nSPS) is 11.1. The maximum atomic E-state index is 13.5. The monoisotopic (exact) mass is 348 g/mol. The van der Waals surface area contributed by atoms with Crippen molar-refractivity contribution in [2.45, 2.75) is 39.5 Å². The van der Waals surface area contributed by atoms with E-state index in [4.69, 9.17) is 0 Å². The van der Waals surface area contributed by atoms with Gasteiger partial charge in [0.15, 0.2) is 0 Å². The van der Waals surface area contributed by atoms with Crippen LogP contribution in [0.3, 0.4) is 0 Å². The number of carbonyl (C=O) groups excluding carboxylic acids is 1. The van der Waals surface area contributed by atoms with Crippen LogP contribution in [0.1, 0.15) is 47.2 Å². The Balaban J connectivity index is 1.82. The number of rotatable bonds is 7. The van der Waals surface area contributed by atoms with Crippen LogP contribution in [-0.4, -0.2) is 22.8 Å². The molecule has 0 fully saturated rings. The summed E-state index contributed by atoms with van der Waals surface area (Å²) in [6, 6.07) is 9.08. The van der Waals surface area contributed by atoms with Gasteiger partial charge >= 0.3 is 0 Å². The van der Waals surface area contributed by atoms with Crippen molar-refractivity contribution in [3.05, 3.63) is 58.7 Å². The van der Waals surface area contributed by atoms with Gasteiger partial charge in [-0.25, -0.2) is 4.39 Å². The summed E-state index contributed by atoms with van der Waals surface area (Å²) in [6.45, 7) is 8.80. The molecule has 1 N–H and O–H groups in total. The number of thioether (sulfide) groups is 1. The quantitative estimate of drug-likeness (QED) is 0.748. The number of aromatic nitrogens is 1. The van der Waals surface area contributed by atoms with E-state index < -0.39 is 0 Å². The highest BCUT2D eigenvalue weighted by Crippen LogP contribution is 2.20. The Morgan fingerprint density at radius 3 is 2.62 bits per heavy atom. The van der Waals surface area contributed by atoms with Crippen LogP contribution in [0.15, 0.2) is 30.3 Å². The van der Waals surface area contributed by atoms with Gasteiger partial charge in [-0.3, -0.25) is 4.79 Å². The number of hydrogen-bond donors (Lipinski definition) is 1. The molecule has 0 bridgehead atoms. The summed E-state index contributed by atoms with van der Waals surface area (Å²) >= 11 is 1.62. The maximum absolute atomic E-state index is 13.5. The molecule has 3 nitrogen and oxygen atoms in total. The van der Waals surface area contributed by atoms with Gasteiger partial charge in [0.25, 0.3) is 5.91 Å². The molecule has 2 aromatic rings. The van der Waals surface area contributed by atoms with Gasteiger partial charge < -0.3 is 9.88 Å². The molecule has 0 saturated heterocycles. The second-order valence-electron chi connectivity index (χ2n) is 6.15. The van der Waals surface area contributed by atoms with Crippen molar-refractivity contribution in [2.75, 3.05) is 12.3 Å². The van der Waals surface area contributed by atoms with E-state index in [0.29, 0.717) is 23.9 Å². The number of benzene rings is 1. The molecular formula is C19H25FN2OS. The lowest BCUT2D eigenvalue weighted by atomic mass is 10.2. The number of halogens is 1. The number of amides is 1. The molecule has 2 rings (SSSR count). The highest BCUT2D eigenvalue weighted by Gasteiger charge is 2.16. The highest BCUT2D eigenvalue weighted by molar-refractivity contribution is 7.98. The van der Waals surface area contributed by atoms with Gasteiger partial charge in [0, 0.05) is 35.5 Å². The van der Waals surface area contributed by atoms with Gasteiger partial charge in [-0.1, -0.05) is 18.2 Å². The smallest absolute Gasteiger partial charge is 0.253 e. The fraction of sp³-hybridized carbons (Fsp3) is 0.421. The van der Waals surface area contributed by atoms with Crippen LogP contribution < -0.4 is 5.32 Å². The van der Waals surface area contributed by atoms with Gasteiger partial charge in [-0.15, -0.1) is 0 Å². The molecular weight excluding hydrogens is 323 g/mol. The van der Waals surface area contributed by atoms with Gasteiger partial charge in [-0.05, 0) is 45.4 Å². The largest absolute Gasteiger partial charge is 0.351 e. The van der Waals surface area contributed by atoms with Crippen LogP contribution in [0.5, 0.6) is 0 Å². The zero-order valence-corrected chi connectivity index (χ0v) is 15.5. The lowest BCUT2D eigenvalue weighted by Crippen LogP contribution is -2.26. The summed E-state index contributed by atoms with van der Waals surface area (Å²) in [7, 11) is 0. The molecule has 0 saturated carbocycles. The van der Waals surface area contributed by atoms with Crippen LogP contribution in [0, 0.1) is 19.7 Å². The Morgan fingerprint density at radius 1 is 1.29 bits per heavy atom. The third-order valence-electron chi connectivity index (χ3n) is 3.99. The zero-order chi connectivity index (χ0) is 17.7. The third-order valence-corrected chi connectivity index (χ3v) is 5.00. The van der Waals surface area contributed by atoms with Gasteiger partial charge in [-0.2, -0.15) is 11.8 Å². The van der Waals surface area contributed by atoms with E-state index in [0.717, 1.165) is 22.7 Å². The molecule has 0 spiro atoms. The first-order valence-corrected chi connectivity index (χ1v) is 9.35. The van der Waals surface area contributed by atoms with E-state index in [1.807, 2.05) is 26.0 Å². The number of hydrogen-bond acceptors (Lipinski definition) is 2. The van der Waals surface area contributed by atoms with E-state index in [9.17, 15) is 9.18 Å². The molecule has 1 aromatic carbocycles. The van der Waals surface area contributed by atoms with Gasteiger partial charge in [0.1, 0.15) is 5.82 Å². The Bertz CT molecular complexity index is 709. The summed E-state index contributed by atoms with van der Waals surface area (Å²) in [6.07, 6.45) is 0. The zero-order valence-electron chi connectivity index (χ0n) is 14.7. The average molecular weight is 348 g/mol. The number of nitrogens with zero attached hydrogens (tertiary/aromatic N) is 1. The molecule has 0 aliphatic carbocycles. The van der Waals surface area contributed by atoms with Crippen LogP contribution in [0.4, 0.5) is 4.39 Å². The van der Waals surface area contributed by atoms with Crippen molar-refractivity contribution in [1.29, 1.82) is 0 Å². The molecule has 0 aliphatic heterocycles. The Labute approximate surface area is 147 Å². The van der Waals surface area contributed by atoms with Crippen molar-refractivity contribution >= 4 is 17.7 Å². The first-order valence-electron chi connectivity index (χ1n) is 8.19. The first kappa shape index (κ1) is 18.6. The van der Waals surface area contributed by atoms with Crippen molar-refractivity contribution < 1.29 is 9.18 Å². The minimum absolute atomic E-state index is 0.0403. The van der Waals surface area contributed by atoms with E-state index in [2.05, 4.69) is 23.7 Å². The summed E-state index contributed by atoms with van der Waals surface area (Å²) in [5.41, 5.74) is 3.54. The molecule has 1 aromatic heterocycles. The lowest BCUT2D eigenvalue weighted by Gasteiger charge is -2.13. The van der Waals surface area contributed by atoms with E-state index >= 15 is 0 Å². The molecule has 0 radical (unpaired) electrons. The van der Waals surface area contributed by atoms with Crippen molar-refractivity contribution in [3.8, 4) is 0 Å². The minimum Gasteiger partial charge on any atom is -0.351 e. The lowest BCUT2D eigenvalue weighted by molar-refractivity contribution is 0.0955. The third kappa shape index (κ3) is 4.41. The molecule has 1 amide bonds. The SMILES string of the molecule is Cc1cc(C(=O)NCCSCc2ccccc2F)c(C)n1C(C)C. The minimum atomic E-state index is -0.171. The second kappa shape index (κ2) is 8.38. The number of nitrogens with one attached hydrogen (secondary N) is 1. The van der Waals surface area contributed by atoms with Crippen molar-refractivity contribution in [2.24, 2.45) is 0 Å². The van der Waals surface area contributed by atoms with Crippen LogP contribution in [0.25, 0.3) is 0 Å². The van der Waals surface area contributed by atoms with Crippen LogP contribution >= 0.6 is 11.8 Å². The van der Waals surface area contributed by atoms with E-state index in [-0.39, 0.29) is 11.7 Å². The maximum Gasteiger partial charge on any atom is 0.253 e. The highest BCUT2D eigenvalue weighted by atomic mass is 32.2. The van der Waals surface area contributed by atoms with Crippen LogP contribution in [-0.2, 0) is 5.75 Å².